The predicted octanol–water partition coefficient (Wildman–Crippen LogP) is 4.62. The zero-order chi connectivity index (χ0) is 15.6. The molecule has 0 heterocycles. The lowest BCUT2D eigenvalue weighted by atomic mass is 9.52. The average molecular weight is 296 g/mol. The van der Waals surface area contributed by atoms with Crippen LogP contribution in [0.3, 0.4) is 0 Å². The summed E-state index contributed by atoms with van der Waals surface area (Å²) in [6.07, 6.45) is 5.38. The van der Waals surface area contributed by atoms with Gasteiger partial charge in [0.15, 0.2) is 0 Å². The van der Waals surface area contributed by atoms with Gasteiger partial charge in [-0.25, -0.2) is 0 Å². The zero-order valence-corrected chi connectivity index (χ0v) is 14.3. The minimum Gasteiger partial charge on any atom is -0.392 e. The second-order valence-electron chi connectivity index (χ2n) is 8.45. The van der Waals surface area contributed by atoms with Gasteiger partial charge in [0, 0.05) is 5.41 Å². The van der Waals surface area contributed by atoms with Gasteiger partial charge in [0.1, 0.15) is 0 Å². The second-order valence-corrected chi connectivity index (χ2v) is 8.45. The van der Waals surface area contributed by atoms with Gasteiger partial charge in [-0.3, -0.25) is 0 Å². The van der Waals surface area contributed by atoms with Crippen LogP contribution in [0.1, 0.15) is 56.2 Å². The first-order chi connectivity index (χ1) is 10.4. The molecule has 0 radical (unpaired) electrons. The highest BCUT2D eigenvalue weighted by atomic mass is 16.3. The van der Waals surface area contributed by atoms with E-state index < -0.39 is 0 Å². The van der Waals surface area contributed by atoms with E-state index >= 15 is 0 Å². The van der Waals surface area contributed by atoms with Crippen molar-refractivity contribution in [3.63, 3.8) is 0 Å². The average Bonchev–Trinajstić information content (AvgIpc) is 2.74. The van der Waals surface area contributed by atoms with Crippen LogP contribution in [-0.4, -0.2) is 11.2 Å². The molecule has 118 valence electrons. The molecule has 1 nitrogen and oxygen atoms in total. The fraction of sp³-hybridized carbons (Fsp3) is 0.619. The highest BCUT2D eigenvalue weighted by molar-refractivity contribution is 5.43. The van der Waals surface area contributed by atoms with Crippen LogP contribution in [0.15, 0.2) is 29.8 Å². The third-order valence-electron chi connectivity index (χ3n) is 6.87. The number of rotatable bonds is 0. The van der Waals surface area contributed by atoms with Gasteiger partial charge < -0.3 is 5.11 Å². The van der Waals surface area contributed by atoms with Crippen molar-refractivity contribution >= 4 is 0 Å². The Bertz CT molecular complexity index is 643. The maximum atomic E-state index is 10.6. The first-order valence-corrected chi connectivity index (χ1v) is 8.90. The van der Waals surface area contributed by atoms with Crippen LogP contribution >= 0.6 is 0 Å². The summed E-state index contributed by atoms with van der Waals surface area (Å²) >= 11 is 0. The molecule has 0 aliphatic heterocycles. The smallest absolute Gasteiger partial charge is 0.0665 e. The molecule has 4 rings (SSSR count). The molecule has 1 heteroatoms. The Kier molecular flexibility index (Phi) is 3.10. The Morgan fingerprint density at radius 3 is 2.68 bits per heavy atom. The fourth-order valence-electron chi connectivity index (χ4n) is 5.91. The fourth-order valence-corrected chi connectivity index (χ4v) is 5.91. The van der Waals surface area contributed by atoms with E-state index in [0.717, 1.165) is 12.8 Å². The molecule has 1 N–H and O–H groups in total. The number of aliphatic hydroxyl groups excluding tert-OH is 1. The van der Waals surface area contributed by atoms with E-state index in [-0.39, 0.29) is 11.5 Å². The zero-order valence-electron chi connectivity index (χ0n) is 14.3. The summed E-state index contributed by atoms with van der Waals surface area (Å²) in [6, 6.07) is 7.07. The molecule has 1 fully saturated rings. The van der Waals surface area contributed by atoms with Crippen molar-refractivity contribution < 1.29 is 5.11 Å². The Hall–Kier alpha value is -1.08. The van der Waals surface area contributed by atoms with Crippen LogP contribution < -0.4 is 0 Å². The van der Waals surface area contributed by atoms with Gasteiger partial charge in [0.05, 0.1) is 6.10 Å². The monoisotopic (exact) mass is 296 g/mol. The van der Waals surface area contributed by atoms with Crippen molar-refractivity contribution in [1.29, 1.82) is 0 Å². The first kappa shape index (κ1) is 14.5. The summed E-state index contributed by atoms with van der Waals surface area (Å²) in [5, 5.41) is 10.6. The largest absolute Gasteiger partial charge is 0.392 e. The molecule has 1 aromatic rings. The minimum atomic E-state index is -0.169. The topological polar surface area (TPSA) is 20.2 Å². The summed E-state index contributed by atoms with van der Waals surface area (Å²) in [5.74, 6) is 2.59. The molecule has 3 unspecified atom stereocenters. The van der Waals surface area contributed by atoms with E-state index in [1.54, 1.807) is 16.7 Å². The highest BCUT2D eigenvalue weighted by Gasteiger charge is 2.54. The third kappa shape index (κ3) is 1.81. The minimum absolute atomic E-state index is 0.0248. The number of benzene rings is 1. The van der Waals surface area contributed by atoms with E-state index in [4.69, 9.17) is 0 Å². The second kappa shape index (κ2) is 4.71. The quantitative estimate of drug-likeness (QED) is 0.692. The molecule has 0 bridgehead atoms. The van der Waals surface area contributed by atoms with Crippen molar-refractivity contribution in [3.8, 4) is 0 Å². The van der Waals surface area contributed by atoms with Crippen molar-refractivity contribution in [1.82, 2.24) is 0 Å². The lowest BCUT2D eigenvalue weighted by Gasteiger charge is -2.53. The predicted molar refractivity (Wildman–Crippen MR) is 90.9 cm³/mol. The first-order valence-electron chi connectivity index (χ1n) is 8.90. The molecule has 3 aliphatic rings. The van der Waals surface area contributed by atoms with Crippen molar-refractivity contribution in [2.75, 3.05) is 0 Å². The summed E-state index contributed by atoms with van der Waals surface area (Å²) in [7, 11) is 0. The molecular formula is C21H28O. The summed E-state index contributed by atoms with van der Waals surface area (Å²) in [6.45, 7) is 9.34. The van der Waals surface area contributed by atoms with Crippen LogP contribution in [-0.2, 0) is 6.42 Å². The van der Waals surface area contributed by atoms with E-state index in [0.29, 0.717) is 23.7 Å². The molecule has 1 aromatic carbocycles. The molecule has 0 saturated heterocycles. The Morgan fingerprint density at radius 1 is 1.14 bits per heavy atom. The molecule has 6 atom stereocenters. The maximum absolute atomic E-state index is 10.6. The van der Waals surface area contributed by atoms with E-state index in [1.165, 1.54) is 12.0 Å². The van der Waals surface area contributed by atoms with Gasteiger partial charge >= 0.3 is 0 Å². The molecule has 3 aliphatic carbocycles. The van der Waals surface area contributed by atoms with Gasteiger partial charge in [0.25, 0.3) is 0 Å². The van der Waals surface area contributed by atoms with Gasteiger partial charge in [-0.2, -0.15) is 0 Å². The summed E-state index contributed by atoms with van der Waals surface area (Å²) < 4.78 is 0. The number of hydrogen-bond donors (Lipinski definition) is 1. The third-order valence-corrected chi connectivity index (χ3v) is 6.87. The summed E-state index contributed by atoms with van der Waals surface area (Å²) in [5.41, 5.74) is 6.14. The van der Waals surface area contributed by atoms with Crippen molar-refractivity contribution in [3.05, 3.63) is 46.5 Å². The van der Waals surface area contributed by atoms with E-state index in [9.17, 15) is 5.11 Å². The number of hydrogen-bond acceptors (Lipinski definition) is 1. The van der Waals surface area contributed by atoms with E-state index in [2.05, 4.69) is 52.0 Å². The van der Waals surface area contributed by atoms with Gasteiger partial charge in [-0.15, -0.1) is 0 Å². The molecule has 0 aromatic heterocycles. The van der Waals surface area contributed by atoms with Crippen LogP contribution in [0.2, 0.25) is 0 Å². The lowest BCUT2D eigenvalue weighted by Crippen LogP contribution is -2.46. The van der Waals surface area contributed by atoms with Crippen molar-refractivity contribution in [2.45, 2.75) is 59.0 Å². The lowest BCUT2D eigenvalue weighted by molar-refractivity contribution is 0.0211. The van der Waals surface area contributed by atoms with Crippen LogP contribution in [0, 0.1) is 30.1 Å². The standard InChI is InChI=1S/C21H28O/c1-12-5-6-16-15(9-12)10-13(2)20-17-7-8-18(22)21(17,4)11-14(3)19(16)20/h5-7,9,13-14,18-20,22H,8,10-11H2,1-4H3/t13-,14+,18?,19?,20?,21+/m1/s1. The molecular weight excluding hydrogens is 268 g/mol. The normalized spacial score (nSPS) is 43.1. The molecule has 0 spiro atoms. The van der Waals surface area contributed by atoms with Crippen LogP contribution in [0.5, 0.6) is 0 Å². The van der Waals surface area contributed by atoms with Gasteiger partial charge in [-0.1, -0.05) is 56.2 Å². The summed E-state index contributed by atoms with van der Waals surface area (Å²) in [4.78, 5) is 0. The Morgan fingerprint density at radius 2 is 1.91 bits per heavy atom. The van der Waals surface area contributed by atoms with Crippen LogP contribution in [0.25, 0.3) is 0 Å². The van der Waals surface area contributed by atoms with Gasteiger partial charge in [-0.05, 0) is 61.0 Å². The number of aliphatic hydroxyl groups is 1. The number of aryl methyl sites for hydroxylation is 1. The van der Waals surface area contributed by atoms with E-state index in [1.807, 2.05) is 0 Å². The molecule has 1 saturated carbocycles. The van der Waals surface area contributed by atoms with Crippen molar-refractivity contribution in [2.24, 2.45) is 23.2 Å². The number of fused-ring (bicyclic) bond motifs is 5. The van der Waals surface area contributed by atoms with Gasteiger partial charge in [0.2, 0.25) is 0 Å². The SMILES string of the molecule is Cc1ccc2c(c1)C[C@@H](C)C1C3=CCC(O)[C@@]3(C)C[C@H](C)C21. The molecule has 22 heavy (non-hydrogen) atoms. The molecule has 0 amide bonds. The van der Waals surface area contributed by atoms with Crippen LogP contribution in [0.4, 0.5) is 0 Å². The Balaban J connectivity index is 1.84. The maximum Gasteiger partial charge on any atom is 0.0665 e. The Labute approximate surface area is 134 Å². The highest BCUT2D eigenvalue weighted by Crippen LogP contribution is 2.61.